The summed E-state index contributed by atoms with van der Waals surface area (Å²) in [6.07, 6.45) is -1.56. The van der Waals surface area contributed by atoms with E-state index in [1.54, 1.807) is 37.3 Å². The smallest absolute Gasteiger partial charge is 0.370 e. The topological polar surface area (TPSA) is 53.1 Å². The summed E-state index contributed by atoms with van der Waals surface area (Å²) in [5.74, 6) is 0.384. The third-order valence-electron chi connectivity index (χ3n) is 3.60. The number of nitrogens with zero attached hydrogens (tertiary/aromatic N) is 3. The number of halogens is 4. The summed E-state index contributed by atoms with van der Waals surface area (Å²) < 4.78 is 41.0. The monoisotopic (exact) mass is 369 g/mol. The molecule has 3 rings (SSSR count). The summed E-state index contributed by atoms with van der Waals surface area (Å²) in [5, 5.41) is 4.67. The van der Waals surface area contributed by atoms with Crippen LogP contribution in [0.3, 0.4) is 0 Å². The van der Waals surface area contributed by atoms with Crippen molar-refractivity contribution in [3.63, 3.8) is 0 Å². The van der Waals surface area contributed by atoms with Gasteiger partial charge in [0.15, 0.2) is 6.04 Å². The molecule has 0 bridgehead atoms. The number of alkyl halides is 3. The lowest BCUT2D eigenvalue weighted by molar-refractivity contribution is -0.140. The second kappa shape index (κ2) is 6.89. The van der Waals surface area contributed by atoms with E-state index in [9.17, 15) is 13.2 Å². The van der Waals surface area contributed by atoms with E-state index in [4.69, 9.17) is 11.6 Å². The van der Waals surface area contributed by atoms with Crippen LogP contribution in [0.15, 0.2) is 48.5 Å². The van der Waals surface area contributed by atoms with Crippen molar-refractivity contribution < 1.29 is 13.2 Å². The molecule has 0 spiro atoms. The Kier molecular flexibility index (Phi) is 4.82. The van der Waals surface area contributed by atoms with Crippen LogP contribution >= 0.6 is 11.6 Å². The van der Waals surface area contributed by atoms with Gasteiger partial charge in [-0.1, -0.05) is 23.7 Å². The van der Waals surface area contributed by atoms with Crippen molar-refractivity contribution in [1.29, 1.82) is 0 Å². The number of nitrogens with one attached hydrogen (secondary N) is 2. The van der Waals surface area contributed by atoms with Gasteiger partial charge in [-0.25, -0.2) is 20.4 Å². The fourth-order valence-electron chi connectivity index (χ4n) is 2.59. The summed E-state index contributed by atoms with van der Waals surface area (Å²) in [6, 6.07) is 5.93. The number of rotatable bonds is 4. The molecule has 1 aromatic heterocycles. The van der Waals surface area contributed by atoms with Crippen LogP contribution in [0.2, 0.25) is 5.02 Å². The minimum Gasteiger partial charge on any atom is -0.370 e. The SMILES string of the molecule is CCNC1=C(c2ccc(Cl)cc2)C(C(F)(F)F)NN1c1ncccn1. The number of hydrazine groups is 1. The summed E-state index contributed by atoms with van der Waals surface area (Å²) >= 11 is 5.87. The standard InChI is InChI=1S/C16H15ClF3N5/c1-2-21-14-12(10-4-6-11(17)7-5-10)13(16(18,19)20)24-25(14)15-22-8-3-9-23-15/h3-9,13,21,24H,2H2,1H3. The van der Waals surface area contributed by atoms with Crippen LogP contribution in [0.5, 0.6) is 0 Å². The fourth-order valence-corrected chi connectivity index (χ4v) is 2.72. The van der Waals surface area contributed by atoms with E-state index in [-0.39, 0.29) is 17.3 Å². The molecule has 9 heteroatoms. The number of hydrogen-bond donors (Lipinski definition) is 2. The molecule has 0 saturated heterocycles. The number of aromatic nitrogens is 2. The quantitative estimate of drug-likeness (QED) is 0.865. The molecule has 1 aliphatic rings. The van der Waals surface area contributed by atoms with Crippen molar-refractivity contribution in [3.05, 3.63) is 59.1 Å². The van der Waals surface area contributed by atoms with Crippen LogP contribution in [0.25, 0.3) is 5.57 Å². The average molecular weight is 370 g/mol. The molecule has 0 saturated carbocycles. The van der Waals surface area contributed by atoms with E-state index >= 15 is 0 Å². The predicted molar refractivity (Wildman–Crippen MR) is 89.5 cm³/mol. The highest BCUT2D eigenvalue weighted by Gasteiger charge is 2.49. The predicted octanol–water partition coefficient (Wildman–Crippen LogP) is 3.36. The summed E-state index contributed by atoms with van der Waals surface area (Å²) in [7, 11) is 0. The lowest BCUT2D eigenvalue weighted by Crippen LogP contribution is -2.47. The van der Waals surface area contributed by atoms with Crippen LogP contribution in [0.4, 0.5) is 19.1 Å². The van der Waals surface area contributed by atoms with Gasteiger partial charge in [-0.3, -0.25) is 0 Å². The van der Waals surface area contributed by atoms with Crippen LogP contribution in [0, 0.1) is 0 Å². The van der Waals surface area contributed by atoms with Gasteiger partial charge in [-0.2, -0.15) is 13.2 Å². The van der Waals surface area contributed by atoms with Crippen LogP contribution in [-0.2, 0) is 0 Å². The second-order valence-electron chi connectivity index (χ2n) is 5.29. The number of anilines is 1. The van der Waals surface area contributed by atoms with Gasteiger partial charge in [0.1, 0.15) is 5.82 Å². The minimum absolute atomic E-state index is 0.0680. The normalized spacial score (nSPS) is 18.0. The molecule has 2 N–H and O–H groups in total. The van der Waals surface area contributed by atoms with Gasteiger partial charge < -0.3 is 5.32 Å². The summed E-state index contributed by atoms with van der Waals surface area (Å²) in [5.41, 5.74) is 2.94. The molecule has 1 unspecified atom stereocenters. The Morgan fingerprint density at radius 2 is 1.84 bits per heavy atom. The molecule has 132 valence electrons. The van der Waals surface area contributed by atoms with Gasteiger partial charge in [-0.15, -0.1) is 0 Å². The summed E-state index contributed by atoms with van der Waals surface area (Å²) in [6.45, 7) is 2.24. The number of hydrogen-bond acceptors (Lipinski definition) is 5. The van der Waals surface area contributed by atoms with Crippen LogP contribution in [-0.4, -0.2) is 28.7 Å². The average Bonchev–Trinajstić information content (AvgIpc) is 2.96. The van der Waals surface area contributed by atoms with Crippen molar-refractivity contribution >= 4 is 23.1 Å². The molecule has 2 heterocycles. The Morgan fingerprint density at radius 3 is 2.40 bits per heavy atom. The zero-order valence-electron chi connectivity index (χ0n) is 13.2. The van der Waals surface area contributed by atoms with Gasteiger partial charge in [0.05, 0.1) is 0 Å². The van der Waals surface area contributed by atoms with Crippen molar-refractivity contribution in [2.24, 2.45) is 0 Å². The van der Waals surface area contributed by atoms with Gasteiger partial charge in [0.25, 0.3) is 0 Å². The third kappa shape index (κ3) is 3.54. The largest absolute Gasteiger partial charge is 0.409 e. The Morgan fingerprint density at radius 1 is 1.20 bits per heavy atom. The lowest BCUT2D eigenvalue weighted by Gasteiger charge is -2.22. The van der Waals surface area contributed by atoms with Crippen molar-refractivity contribution in [3.8, 4) is 0 Å². The van der Waals surface area contributed by atoms with Crippen LogP contribution < -0.4 is 15.8 Å². The van der Waals surface area contributed by atoms with Gasteiger partial charge in [0, 0.05) is 29.5 Å². The molecule has 1 aromatic carbocycles. The molecule has 1 atom stereocenters. The fraction of sp³-hybridized carbons (Fsp3) is 0.250. The molecule has 5 nitrogen and oxygen atoms in total. The zero-order chi connectivity index (χ0) is 18.0. The maximum Gasteiger partial charge on any atom is 0.409 e. The summed E-state index contributed by atoms with van der Waals surface area (Å²) in [4.78, 5) is 8.08. The van der Waals surface area contributed by atoms with Gasteiger partial charge in [0.2, 0.25) is 5.95 Å². The molecular formula is C16H15ClF3N5. The molecule has 0 fully saturated rings. The van der Waals surface area contributed by atoms with Gasteiger partial charge >= 0.3 is 6.18 Å². The Labute approximate surface area is 147 Å². The first kappa shape index (κ1) is 17.5. The van der Waals surface area contributed by atoms with E-state index < -0.39 is 12.2 Å². The molecule has 25 heavy (non-hydrogen) atoms. The first-order chi connectivity index (χ1) is 11.9. The van der Waals surface area contributed by atoms with E-state index in [1.807, 2.05) is 0 Å². The lowest BCUT2D eigenvalue weighted by atomic mass is 9.99. The highest BCUT2D eigenvalue weighted by Crippen LogP contribution is 2.38. The zero-order valence-corrected chi connectivity index (χ0v) is 13.9. The molecule has 1 aliphatic heterocycles. The second-order valence-corrected chi connectivity index (χ2v) is 5.72. The first-order valence-electron chi connectivity index (χ1n) is 7.56. The van der Waals surface area contributed by atoms with Crippen molar-refractivity contribution in [2.75, 3.05) is 11.6 Å². The highest BCUT2D eigenvalue weighted by atomic mass is 35.5. The van der Waals surface area contributed by atoms with Crippen molar-refractivity contribution in [2.45, 2.75) is 19.1 Å². The van der Waals surface area contributed by atoms with Crippen LogP contribution in [0.1, 0.15) is 12.5 Å². The number of benzene rings is 1. The molecule has 2 aromatic rings. The Bertz CT molecular complexity index is 762. The highest BCUT2D eigenvalue weighted by molar-refractivity contribution is 6.30. The Balaban J connectivity index is 2.15. The van der Waals surface area contributed by atoms with Gasteiger partial charge in [-0.05, 0) is 30.7 Å². The molecular weight excluding hydrogens is 355 g/mol. The Hall–Kier alpha value is -2.32. The third-order valence-corrected chi connectivity index (χ3v) is 3.86. The molecule has 0 radical (unpaired) electrons. The van der Waals surface area contributed by atoms with E-state index in [2.05, 4.69) is 20.7 Å². The van der Waals surface area contributed by atoms with E-state index in [0.29, 0.717) is 17.1 Å². The van der Waals surface area contributed by atoms with Crippen molar-refractivity contribution in [1.82, 2.24) is 20.7 Å². The maximum absolute atomic E-state index is 13.7. The van der Waals surface area contributed by atoms with E-state index in [1.165, 1.54) is 17.4 Å². The molecule has 0 aliphatic carbocycles. The van der Waals surface area contributed by atoms with E-state index in [0.717, 1.165) is 0 Å². The maximum atomic E-state index is 13.7. The first-order valence-corrected chi connectivity index (χ1v) is 7.93. The molecule has 0 amide bonds. The minimum atomic E-state index is -4.50.